The second-order valence-corrected chi connectivity index (χ2v) is 6.00. The van der Waals surface area contributed by atoms with E-state index < -0.39 is 0 Å². The molecule has 2 aromatic carbocycles. The van der Waals surface area contributed by atoms with E-state index in [1.54, 1.807) is 18.4 Å². The van der Waals surface area contributed by atoms with Crippen molar-refractivity contribution in [3.8, 4) is 11.5 Å². The van der Waals surface area contributed by atoms with Crippen LogP contribution in [0.3, 0.4) is 0 Å². The zero-order valence-electron chi connectivity index (χ0n) is 13.3. The Hall–Kier alpha value is -2.01. The Bertz CT molecular complexity index is 747. The summed E-state index contributed by atoms with van der Waals surface area (Å²) in [5.41, 5.74) is 9.56. The molecule has 0 aliphatic carbocycles. The monoisotopic (exact) mass is 361 g/mol. The number of methoxy groups -OCH3 is 1. The van der Waals surface area contributed by atoms with Gasteiger partial charge in [-0.25, -0.2) is 0 Å². The standard InChI is InChI=1S/C19H19NO2S.ClH/c1-21-17-8-7-15(19(20)16-9-10-23-13-16)11-18(17)22-12-14-5-3-2-4-6-14;/h2-11,13,19H,12,20H2,1H3;1H/t19-;/m0./s1. The third-order valence-corrected chi connectivity index (χ3v) is 4.39. The van der Waals surface area contributed by atoms with Crippen molar-refractivity contribution >= 4 is 23.7 Å². The molecule has 0 radical (unpaired) electrons. The molecule has 0 saturated carbocycles. The number of nitrogens with two attached hydrogens (primary N) is 1. The molecule has 0 bridgehead atoms. The fraction of sp³-hybridized carbons (Fsp3) is 0.158. The van der Waals surface area contributed by atoms with E-state index in [0.29, 0.717) is 18.1 Å². The topological polar surface area (TPSA) is 44.5 Å². The Labute approximate surface area is 152 Å². The molecule has 0 aliphatic rings. The molecule has 1 heterocycles. The summed E-state index contributed by atoms with van der Waals surface area (Å²) >= 11 is 1.65. The molecule has 5 heteroatoms. The molecule has 0 saturated heterocycles. The Morgan fingerprint density at radius 3 is 2.46 bits per heavy atom. The fourth-order valence-electron chi connectivity index (χ4n) is 2.38. The van der Waals surface area contributed by atoms with Gasteiger partial charge in [0.1, 0.15) is 6.61 Å². The maximum Gasteiger partial charge on any atom is 0.162 e. The van der Waals surface area contributed by atoms with Crippen molar-refractivity contribution in [2.24, 2.45) is 5.73 Å². The van der Waals surface area contributed by atoms with E-state index >= 15 is 0 Å². The van der Waals surface area contributed by atoms with Gasteiger partial charge < -0.3 is 15.2 Å². The van der Waals surface area contributed by atoms with Gasteiger partial charge in [0.15, 0.2) is 11.5 Å². The second-order valence-electron chi connectivity index (χ2n) is 5.22. The molecule has 0 aliphatic heterocycles. The Balaban J connectivity index is 0.00000208. The molecule has 0 fully saturated rings. The van der Waals surface area contributed by atoms with E-state index in [4.69, 9.17) is 15.2 Å². The number of thiophene rings is 1. The molecular weight excluding hydrogens is 342 g/mol. The smallest absolute Gasteiger partial charge is 0.162 e. The first kappa shape index (κ1) is 18.3. The zero-order chi connectivity index (χ0) is 16.1. The summed E-state index contributed by atoms with van der Waals surface area (Å²) in [6, 6.07) is 17.8. The normalized spacial score (nSPS) is 11.4. The van der Waals surface area contributed by atoms with Gasteiger partial charge in [0.25, 0.3) is 0 Å². The van der Waals surface area contributed by atoms with Crippen molar-refractivity contribution in [3.63, 3.8) is 0 Å². The summed E-state index contributed by atoms with van der Waals surface area (Å²) in [4.78, 5) is 0. The average Bonchev–Trinajstić information content (AvgIpc) is 3.14. The Morgan fingerprint density at radius 1 is 1.00 bits per heavy atom. The van der Waals surface area contributed by atoms with Crippen LogP contribution in [0.4, 0.5) is 0 Å². The molecule has 3 rings (SSSR count). The van der Waals surface area contributed by atoms with Crippen molar-refractivity contribution in [2.75, 3.05) is 7.11 Å². The molecular formula is C19H20ClNO2S. The summed E-state index contributed by atoms with van der Waals surface area (Å²) < 4.78 is 11.3. The number of hydrogen-bond donors (Lipinski definition) is 1. The summed E-state index contributed by atoms with van der Waals surface area (Å²) in [7, 11) is 1.64. The summed E-state index contributed by atoms with van der Waals surface area (Å²) in [5, 5.41) is 4.10. The molecule has 0 spiro atoms. The van der Waals surface area contributed by atoms with Crippen LogP contribution in [0, 0.1) is 0 Å². The van der Waals surface area contributed by atoms with Crippen LogP contribution in [-0.4, -0.2) is 7.11 Å². The lowest BCUT2D eigenvalue weighted by Crippen LogP contribution is -2.11. The highest BCUT2D eigenvalue weighted by Crippen LogP contribution is 2.32. The van der Waals surface area contributed by atoms with E-state index in [9.17, 15) is 0 Å². The molecule has 1 aromatic heterocycles. The Kier molecular flexibility index (Phi) is 6.67. The molecule has 24 heavy (non-hydrogen) atoms. The van der Waals surface area contributed by atoms with Crippen LogP contribution in [0.2, 0.25) is 0 Å². The predicted molar refractivity (Wildman–Crippen MR) is 101 cm³/mol. The first-order valence-corrected chi connectivity index (χ1v) is 8.34. The van der Waals surface area contributed by atoms with E-state index in [1.165, 1.54) is 0 Å². The summed E-state index contributed by atoms with van der Waals surface area (Å²) in [6.07, 6.45) is 0. The SMILES string of the molecule is COc1ccc([C@H](N)c2ccsc2)cc1OCc1ccccc1.Cl. The van der Waals surface area contributed by atoms with Crippen molar-refractivity contribution < 1.29 is 9.47 Å². The number of rotatable bonds is 6. The van der Waals surface area contributed by atoms with Gasteiger partial charge in [0.2, 0.25) is 0 Å². The lowest BCUT2D eigenvalue weighted by molar-refractivity contribution is 0.284. The molecule has 3 aromatic rings. The third kappa shape index (κ3) is 4.29. The maximum atomic E-state index is 6.34. The average molecular weight is 362 g/mol. The summed E-state index contributed by atoms with van der Waals surface area (Å²) in [5.74, 6) is 1.42. The second kappa shape index (κ2) is 8.73. The van der Waals surface area contributed by atoms with Gasteiger partial charge in [-0.15, -0.1) is 12.4 Å². The molecule has 126 valence electrons. The number of benzene rings is 2. The van der Waals surface area contributed by atoms with Crippen molar-refractivity contribution in [3.05, 3.63) is 82.0 Å². The highest BCUT2D eigenvalue weighted by Gasteiger charge is 2.13. The van der Waals surface area contributed by atoms with Gasteiger partial charge in [-0.1, -0.05) is 36.4 Å². The fourth-order valence-corrected chi connectivity index (χ4v) is 3.08. The van der Waals surface area contributed by atoms with Crippen LogP contribution >= 0.6 is 23.7 Å². The summed E-state index contributed by atoms with van der Waals surface area (Å²) in [6.45, 7) is 0.494. The predicted octanol–water partition coefficient (Wildman–Crippen LogP) is 4.81. The minimum atomic E-state index is -0.161. The quantitative estimate of drug-likeness (QED) is 0.685. The molecule has 0 amide bonds. The van der Waals surface area contributed by atoms with E-state index in [-0.39, 0.29) is 18.4 Å². The van der Waals surface area contributed by atoms with E-state index in [0.717, 1.165) is 16.7 Å². The number of halogens is 1. The minimum absolute atomic E-state index is 0. The van der Waals surface area contributed by atoms with Crippen LogP contribution in [-0.2, 0) is 6.61 Å². The molecule has 1 atom stereocenters. The van der Waals surface area contributed by atoms with Gasteiger partial charge in [-0.2, -0.15) is 11.3 Å². The largest absolute Gasteiger partial charge is 0.493 e. The van der Waals surface area contributed by atoms with Gasteiger partial charge in [0.05, 0.1) is 13.2 Å². The highest BCUT2D eigenvalue weighted by atomic mass is 35.5. The highest BCUT2D eigenvalue weighted by molar-refractivity contribution is 7.08. The first-order valence-electron chi connectivity index (χ1n) is 7.40. The van der Waals surface area contributed by atoms with Crippen LogP contribution in [0.1, 0.15) is 22.7 Å². The van der Waals surface area contributed by atoms with Crippen LogP contribution in [0.25, 0.3) is 0 Å². The van der Waals surface area contributed by atoms with Gasteiger partial charge >= 0.3 is 0 Å². The van der Waals surface area contributed by atoms with Gasteiger partial charge in [0, 0.05) is 0 Å². The minimum Gasteiger partial charge on any atom is -0.493 e. The first-order chi connectivity index (χ1) is 11.3. The van der Waals surface area contributed by atoms with Crippen LogP contribution in [0.15, 0.2) is 65.4 Å². The van der Waals surface area contributed by atoms with Gasteiger partial charge in [-0.05, 0) is 45.6 Å². The van der Waals surface area contributed by atoms with Crippen LogP contribution < -0.4 is 15.2 Å². The molecule has 3 nitrogen and oxygen atoms in total. The van der Waals surface area contributed by atoms with Crippen molar-refractivity contribution in [2.45, 2.75) is 12.6 Å². The lowest BCUT2D eigenvalue weighted by atomic mass is 10.0. The number of hydrogen-bond acceptors (Lipinski definition) is 4. The van der Waals surface area contributed by atoms with Crippen molar-refractivity contribution in [1.82, 2.24) is 0 Å². The lowest BCUT2D eigenvalue weighted by Gasteiger charge is -2.15. The van der Waals surface area contributed by atoms with E-state index in [1.807, 2.05) is 60.0 Å². The van der Waals surface area contributed by atoms with Crippen LogP contribution in [0.5, 0.6) is 11.5 Å². The van der Waals surface area contributed by atoms with Gasteiger partial charge in [-0.3, -0.25) is 0 Å². The Morgan fingerprint density at radius 2 is 1.79 bits per heavy atom. The zero-order valence-corrected chi connectivity index (χ0v) is 15.0. The molecule has 2 N–H and O–H groups in total. The van der Waals surface area contributed by atoms with E-state index in [2.05, 4.69) is 5.38 Å². The maximum absolute atomic E-state index is 6.34. The third-order valence-electron chi connectivity index (χ3n) is 3.69. The molecule has 0 unspecified atom stereocenters. The number of ether oxygens (including phenoxy) is 2. The van der Waals surface area contributed by atoms with Crippen molar-refractivity contribution in [1.29, 1.82) is 0 Å².